The molecule has 1 aromatic rings. The largest absolute Gasteiger partial charge is 0.464 e. The van der Waals surface area contributed by atoms with E-state index >= 15 is 0 Å². The fourth-order valence-corrected chi connectivity index (χ4v) is 0.890. The van der Waals surface area contributed by atoms with E-state index in [4.69, 9.17) is 0 Å². The molecule has 0 fully saturated rings. The number of ether oxygens (including phenoxy) is 1. The molecule has 0 amide bonds. The van der Waals surface area contributed by atoms with Gasteiger partial charge in [0.05, 0.1) is 5.56 Å². The van der Waals surface area contributed by atoms with Crippen molar-refractivity contribution >= 4 is 0 Å². The number of hydrogen-bond acceptors (Lipinski definition) is 1. The summed E-state index contributed by atoms with van der Waals surface area (Å²) in [6.45, 7) is -1.02. The Hall–Kier alpha value is -1.23. The zero-order valence-corrected chi connectivity index (χ0v) is 6.47. The van der Waals surface area contributed by atoms with Gasteiger partial charge in [0.1, 0.15) is 5.75 Å². The van der Waals surface area contributed by atoms with Crippen LogP contribution in [0.3, 0.4) is 0 Å². The molecule has 71 valence electrons. The molecular weight excluding hydrogens is 185 g/mol. The molecule has 0 aromatic heterocycles. The SMILES string of the molecule is [O]COc1ccccc1C(F)(F)F. The Morgan fingerprint density at radius 1 is 1.23 bits per heavy atom. The quantitative estimate of drug-likeness (QED) is 0.660. The van der Waals surface area contributed by atoms with Crippen LogP contribution >= 0.6 is 0 Å². The van der Waals surface area contributed by atoms with Gasteiger partial charge in [-0.1, -0.05) is 12.1 Å². The fourth-order valence-electron chi connectivity index (χ4n) is 0.890. The van der Waals surface area contributed by atoms with Gasteiger partial charge in [-0.3, -0.25) is 0 Å². The lowest BCUT2D eigenvalue weighted by Crippen LogP contribution is -2.08. The number of para-hydroxylation sites is 1. The first kappa shape index (κ1) is 9.85. The van der Waals surface area contributed by atoms with E-state index in [-0.39, 0.29) is 0 Å². The van der Waals surface area contributed by atoms with Crippen LogP contribution in [0.1, 0.15) is 5.56 Å². The van der Waals surface area contributed by atoms with Crippen LogP contribution in [0.15, 0.2) is 24.3 Å². The second-order valence-corrected chi connectivity index (χ2v) is 2.26. The zero-order valence-electron chi connectivity index (χ0n) is 6.47. The van der Waals surface area contributed by atoms with Crippen molar-refractivity contribution in [2.75, 3.05) is 6.79 Å². The van der Waals surface area contributed by atoms with Crippen molar-refractivity contribution in [2.45, 2.75) is 6.18 Å². The Labute approximate surface area is 72.6 Å². The molecule has 1 radical (unpaired) electrons. The molecule has 0 saturated carbocycles. The van der Waals surface area contributed by atoms with Crippen molar-refractivity contribution in [3.63, 3.8) is 0 Å². The van der Waals surface area contributed by atoms with Crippen molar-refractivity contribution < 1.29 is 23.0 Å². The molecule has 0 saturated heterocycles. The number of alkyl halides is 3. The summed E-state index contributed by atoms with van der Waals surface area (Å²) in [5.41, 5.74) is -0.925. The number of hydrogen-bond donors (Lipinski definition) is 0. The van der Waals surface area contributed by atoms with E-state index in [1.807, 2.05) is 0 Å². The van der Waals surface area contributed by atoms with Gasteiger partial charge < -0.3 is 4.74 Å². The van der Waals surface area contributed by atoms with Crippen LogP contribution in [-0.4, -0.2) is 6.79 Å². The third kappa shape index (κ3) is 2.35. The molecule has 0 spiro atoms. The summed E-state index contributed by atoms with van der Waals surface area (Å²) in [6.07, 6.45) is -4.48. The second kappa shape index (κ2) is 3.66. The van der Waals surface area contributed by atoms with Gasteiger partial charge >= 0.3 is 6.18 Å². The van der Waals surface area contributed by atoms with Crippen LogP contribution in [0, 0.1) is 0 Å². The highest BCUT2D eigenvalue weighted by Gasteiger charge is 2.33. The zero-order chi connectivity index (χ0) is 9.90. The lowest BCUT2D eigenvalue weighted by atomic mass is 10.2. The van der Waals surface area contributed by atoms with Gasteiger partial charge in [0.15, 0.2) is 0 Å². The van der Waals surface area contributed by atoms with E-state index in [0.717, 1.165) is 12.1 Å². The van der Waals surface area contributed by atoms with E-state index < -0.39 is 24.3 Å². The average Bonchev–Trinajstić information content (AvgIpc) is 2.04. The van der Waals surface area contributed by atoms with Crippen molar-refractivity contribution in [3.05, 3.63) is 29.8 Å². The van der Waals surface area contributed by atoms with Gasteiger partial charge in [-0.05, 0) is 12.1 Å². The Balaban J connectivity index is 3.05. The molecule has 0 aliphatic carbocycles. The standard InChI is InChI=1S/C8H6F3O2/c9-8(10,11)6-3-1-2-4-7(6)13-5-12/h1-4H,5H2. The van der Waals surface area contributed by atoms with Gasteiger partial charge in [-0.15, -0.1) is 0 Å². The monoisotopic (exact) mass is 191 g/mol. The van der Waals surface area contributed by atoms with E-state index in [0.29, 0.717) is 0 Å². The average molecular weight is 191 g/mol. The fraction of sp³-hybridized carbons (Fsp3) is 0.250. The summed E-state index contributed by atoms with van der Waals surface area (Å²) in [4.78, 5) is 0. The van der Waals surface area contributed by atoms with Crippen LogP contribution in [0.2, 0.25) is 0 Å². The first-order valence-corrected chi connectivity index (χ1v) is 3.43. The lowest BCUT2D eigenvalue weighted by Gasteiger charge is -2.11. The molecule has 0 heterocycles. The van der Waals surface area contributed by atoms with Gasteiger partial charge in [0, 0.05) is 0 Å². The van der Waals surface area contributed by atoms with Crippen molar-refractivity contribution in [2.24, 2.45) is 0 Å². The molecule has 1 aromatic carbocycles. The van der Waals surface area contributed by atoms with Gasteiger partial charge in [0.25, 0.3) is 0 Å². The minimum absolute atomic E-state index is 0.426. The van der Waals surface area contributed by atoms with Crippen LogP contribution in [0.4, 0.5) is 13.2 Å². The Bertz CT molecular complexity index is 283. The molecule has 0 N–H and O–H groups in total. The summed E-state index contributed by atoms with van der Waals surface area (Å²) in [5, 5.41) is 9.99. The Kier molecular flexibility index (Phi) is 2.77. The van der Waals surface area contributed by atoms with Crippen molar-refractivity contribution in [1.82, 2.24) is 0 Å². The highest BCUT2D eigenvalue weighted by Crippen LogP contribution is 2.35. The maximum absolute atomic E-state index is 12.2. The van der Waals surface area contributed by atoms with Gasteiger partial charge in [-0.2, -0.15) is 18.3 Å². The predicted molar refractivity (Wildman–Crippen MR) is 37.6 cm³/mol. The maximum atomic E-state index is 12.2. The smallest absolute Gasteiger partial charge is 0.419 e. The molecular formula is C8H6F3O2. The van der Waals surface area contributed by atoms with Crippen LogP contribution in [0.25, 0.3) is 0 Å². The Morgan fingerprint density at radius 2 is 1.85 bits per heavy atom. The van der Waals surface area contributed by atoms with E-state index in [1.54, 1.807) is 0 Å². The van der Waals surface area contributed by atoms with Crippen molar-refractivity contribution in [1.29, 1.82) is 0 Å². The number of benzene rings is 1. The molecule has 13 heavy (non-hydrogen) atoms. The minimum atomic E-state index is -4.48. The van der Waals surface area contributed by atoms with Gasteiger partial charge in [0.2, 0.25) is 6.79 Å². The summed E-state index contributed by atoms with van der Waals surface area (Å²) in [6, 6.07) is 4.59. The minimum Gasteiger partial charge on any atom is -0.464 e. The highest BCUT2D eigenvalue weighted by atomic mass is 19.4. The summed E-state index contributed by atoms with van der Waals surface area (Å²) < 4.78 is 40.9. The molecule has 0 bridgehead atoms. The summed E-state index contributed by atoms with van der Waals surface area (Å²) >= 11 is 0. The van der Waals surface area contributed by atoms with Gasteiger partial charge in [-0.25, -0.2) is 0 Å². The molecule has 0 aliphatic heterocycles. The molecule has 2 nitrogen and oxygen atoms in total. The van der Waals surface area contributed by atoms with Crippen LogP contribution in [-0.2, 0) is 11.3 Å². The van der Waals surface area contributed by atoms with E-state index in [2.05, 4.69) is 4.74 Å². The van der Waals surface area contributed by atoms with Crippen molar-refractivity contribution in [3.8, 4) is 5.75 Å². The first-order chi connectivity index (χ1) is 6.05. The number of rotatable bonds is 2. The predicted octanol–water partition coefficient (Wildman–Crippen LogP) is 2.47. The lowest BCUT2D eigenvalue weighted by molar-refractivity contribution is -0.139. The topological polar surface area (TPSA) is 29.1 Å². The third-order valence-electron chi connectivity index (χ3n) is 1.41. The van der Waals surface area contributed by atoms with Crippen LogP contribution in [0.5, 0.6) is 5.75 Å². The molecule has 0 unspecified atom stereocenters. The normalized spacial score (nSPS) is 11.4. The molecule has 0 aliphatic rings. The maximum Gasteiger partial charge on any atom is 0.419 e. The Morgan fingerprint density at radius 3 is 2.38 bits per heavy atom. The molecule has 5 heteroatoms. The van der Waals surface area contributed by atoms with Crippen LogP contribution < -0.4 is 4.74 Å². The summed E-state index contributed by atoms with van der Waals surface area (Å²) in [7, 11) is 0. The molecule has 0 atom stereocenters. The van der Waals surface area contributed by atoms with E-state index in [9.17, 15) is 18.3 Å². The highest BCUT2D eigenvalue weighted by molar-refractivity contribution is 5.35. The number of halogens is 3. The third-order valence-corrected chi connectivity index (χ3v) is 1.41. The van der Waals surface area contributed by atoms with E-state index in [1.165, 1.54) is 12.1 Å². The summed E-state index contributed by atoms with van der Waals surface area (Å²) in [5.74, 6) is -0.426. The second-order valence-electron chi connectivity index (χ2n) is 2.26. The first-order valence-electron chi connectivity index (χ1n) is 3.43. The molecule has 1 rings (SSSR count).